The standard InChI is InChI=1S/C12H12O5/c1-16-9-5-3-8(4-6-9)10(7-11(13)14)12(15)17-2/h3-7H,1-2H3,(H,13,14). The molecular formula is C12H12O5. The van der Waals surface area contributed by atoms with Crippen molar-refractivity contribution in [1.29, 1.82) is 0 Å². The van der Waals surface area contributed by atoms with E-state index in [1.54, 1.807) is 24.3 Å². The van der Waals surface area contributed by atoms with Crippen molar-refractivity contribution in [2.24, 2.45) is 0 Å². The number of benzene rings is 1. The Balaban J connectivity index is 3.13. The van der Waals surface area contributed by atoms with E-state index in [4.69, 9.17) is 9.84 Å². The molecule has 0 amide bonds. The summed E-state index contributed by atoms with van der Waals surface area (Å²) in [5, 5.41) is 8.68. The molecule has 0 aliphatic rings. The summed E-state index contributed by atoms with van der Waals surface area (Å²) >= 11 is 0. The molecule has 1 N–H and O–H groups in total. The van der Waals surface area contributed by atoms with Crippen molar-refractivity contribution in [2.45, 2.75) is 0 Å². The van der Waals surface area contributed by atoms with Crippen LogP contribution in [-0.2, 0) is 14.3 Å². The van der Waals surface area contributed by atoms with Gasteiger partial charge in [0, 0.05) is 6.08 Å². The van der Waals surface area contributed by atoms with Crippen molar-refractivity contribution in [2.75, 3.05) is 14.2 Å². The van der Waals surface area contributed by atoms with Gasteiger partial charge in [0.1, 0.15) is 5.75 Å². The number of esters is 1. The van der Waals surface area contributed by atoms with Crippen LogP contribution in [0.4, 0.5) is 0 Å². The van der Waals surface area contributed by atoms with Crippen molar-refractivity contribution in [3.8, 4) is 5.75 Å². The first-order valence-corrected chi connectivity index (χ1v) is 4.76. The number of rotatable bonds is 4. The highest BCUT2D eigenvalue weighted by molar-refractivity contribution is 6.20. The molecule has 90 valence electrons. The molecule has 0 bridgehead atoms. The van der Waals surface area contributed by atoms with Gasteiger partial charge in [0.15, 0.2) is 0 Å². The predicted octanol–water partition coefficient (Wildman–Crippen LogP) is 1.34. The minimum Gasteiger partial charge on any atom is -0.497 e. The Hall–Kier alpha value is -2.30. The van der Waals surface area contributed by atoms with Crippen molar-refractivity contribution in [3.05, 3.63) is 35.9 Å². The van der Waals surface area contributed by atoms with Gasteiger partial charge < -0.3 is 14.6 Å². The summed E-state index contributed by atoms with van der Waals surface area (Å²) in [7, 11) is 2.71. The summed E-state index contributed by atoms with van der Waals surface area (Å²) in [4.78, 5) is 22.0. The first-order chi connectivity index (χ1) is 8.08. The van der Waals surface area contributed by atoms with Crippen LogP contribution in [0.3, 0.4) is 0 Å². The average molecular weight is 236 g/mol. The SMILES string of the molecule is COC(=O)C(=CC(=O)O)c1ccc(OC)cc1. The molecule has 0 aromatic heterocycles. The predicted molar refractivity (Wildman–Crippen MR) is 60.6 cm³/mol. The third-order valence-electron chi connectivity index (χ3n) is 2.07. The minimum absolute atomic E-state index is 0.0114. The summed E-state index contributed by atoms with van der Waals surface area (Å²) in [5.74, 6) is -1.29. The van der Waals surface area contributed by atoms with Crippen LogP contribution in [-0.4, -0.2) is 31.3 Å². The Kier molecular flexibility index (Phi) is 4.28. The number of methoxy groups -OCH3 is 2. The van der Waals surface area contributed by atoms with E-state index >= 15 is 0 Å². The number of hydrogen-bond donors (Lipinski definition) is 1. The monoisotopic (exact) mass is 236 g/mol. The van der Waals surface area contributed by atoms with Crippen molar-refractivity contribution in [1.82, 2.24) is 0 Å². The van der Waals surface area contributed by atoms with E-state index in [2.05, 4.69) is 4.74 Å². The molecule has 1 aromatic rings. The van der Waals surface area contributed by atoms with E-state index in [-0.39, 0.29) is 5.57 Å². The molecule has 5 heteroatoms. The molecule has 0 heterocycles. The Labute approximate surface area is 98.3 Å². The first-order valence-electron chi connectivity index (χ1n) is 4.76. The summed E-state index contributed by atoms with van der Waals surface area (Å²) < 4.78 is 9.49. The van der Waals surface area contributed by atoms with Crippen molar-refractivity contribution in [3.63, 3.8) is 0 Å². The molecule has 5 nitrogen and oxygen atoms in total. The molecule has 17 heavy (non-hydrogen) atoms. The highest BCUT2D eigenvalue weighted by Crippen LogP contribution is 2.19. The highest BCUT2D eigenvalue weighted by atomic mass is 16.5. The van der Waals surface area contributed by atoms with Crippen LogP contribution in [0.1, 0.15) is 5.56 Å². The van der Waals surface area contributed by atoms with Gasteiger partial charge in [0.25, 0.3) is 0 Å². The zero-order valence-electron chi connectivity index (χ0n) is 9.47. The number of aliphatic carboxylic acids is 1. The maximum Gasteiger partial charge on any atom is 0.338 e. The minimum atomic E-state index is -1.21. The quantitative estimate of drug-likeness (QED) is 0.630. The lowest BCUT2D eigenvalue weighted by atomic mass is 10.1. The zero-order valence-corrected chi connectivity index (χ0v) is 9.47. The summed E-state index contributed by atoms with van der Waals surface area (Å²) in [6.07, 6.45) is 0.813. The van der Waals surface area contributed by atoms with E-state index in [1.807, 2.05) is 0 Å². The van der Waals surface area contributed by atoms with Crippen molar-refractivity contribution >= 4 is 17.5 Å². The molecule has 0 aliphatic heterocycles. The maximum atomic E-state index is 11.4. The van der Waals surface area contributed by atoms with Gasteiger partial charge in [-0.15, -0.1) is 0 Å². The van der Waals surface area contributed by atoms with Crippen LogP contribution in [0.2, 0.25) is 0 Å². The summed E-state index contributed by atoms with van der Waals surface area (Å²) in [6.45, 7) is 0. The second kappa shape index (κ2) is 5.69. The second-order valence-electron chi connectivity index (χ2n) is 3.12. The number of carbonyl (C=O) groups excluding carboxylic acids is 1. The number of carbonyl (C=O) groups is 2. The van der Waals surface area contributed by atoms with Crippen LogP contribution < -0.4 is 4.74 Å². The van der Waals surface area contributed by atoms with E-state index in [9.17, 15) is 9.59 Å². The molecule has 0 radical (unpaired) electrons. The van der Waals surface area contributed by atoms with Gasteiger partial charge in [0.05, 0.1) is 19.8 Å². The lowest BCUT2D eigenvalue weighted by Crippen LogP contribution is -2.06. The third kappa shape index (κ3) is 3.34. The van der Waals surface area contributed by atoms with Gasteiger partial charge >= 0.3 is 11.9 Å². The van der Waals surface area contributed by atoms with Gasteiger partial charge in [-0.25, -0.2) is 9.59 Å². The molecule has 0 fully saturated rings. The smallest absolute Gasteiger partial charge is 0.338 e. The third-order valence-corrected chi connectivity index (χ3v) is 2.07. The molecule has 0 aliphatic carbocycles. The van der Waals surface area contributed by atoms with E-state index in [0.29, 0.717) is 11.3 Å². The fourth-order valence-corrected chi connectivity index (χ4v) is 1.26. The summed E-state index contributed by atoms with van der Waals surface area (Å²) in [6, 6.07) is 6.44. The van der Waals surface area contributed by atoms with Crippen LogP contribution in [0.25, 0.3) is 5.57 Å². The Morgan fingerprint density at radius 3 is 2.18 bits per heavy atom. The molecule has 1 aromatic carbocycles. The normalized spacial score (nSPS) is 10.8. The molecule has 0 saturated heterocycles. The lowest BCUT2D eigenvalue weighted by molar-refractivity contribution is -0.135. The molecule has 0 spiro atoms. The first kappa shape index (κ1) is 12.8. The second-order valence-corrected chi connectivity index (χ2v) is 3.12. The number of hydrogen-bond acceptors (Lipinski definition) is 4. The Bertz CT molecular complexity index is 444. The number of carboxylic acids is 1. The van der Waals surface area contributed by atoms with Crippen LogP contribution >= 0.6 is 0 Å². The zero-order chi connectivity index (χ0) is 12.8. The molecule has 0 unspecified atom stereocenters. The van der Waals surface area contributed by atoms with Gasteiger partial charge in [-0.05, 0) is 17.7 Å². The number of carboxylic acid groups (broad SMARTS) is 1. The average Bonchev–Trinajstić information content (AvgIpc) is 2.35. The van der Waals surface area contributed by atoms with E-state index in [0.717, 1.165) is 6.08 Å². The highest BCUT2D eigenvalue weighted by Gasteiger charge is 2.14. The van der Waals surface area contributed by atoms with Crippen LogP contribution in [0.15, 0.2) is 30.3 Å². The van der Waals surface area contributed by atoms with E-state index < -0.39 is 11.9 Å². The van der Waals surface area contributed by atoms with Gasteiger partial charge in [-0.1, -0.05) is 12.1 Å². The molecule has 0 atom stereocenters. The van der Waals surface area contributed by atoms with E-state index in [1.165, 1.54) is 14.2 Å². The van der Waals surface area contributed by atoms with Crippen molar-refractivity contribution < 1.29 is 24.2 Å². The van der Waals surface area contributed by atoms with Gasteiger partial charge in [-0.2, -0.15) is 0 Å². The fourth-order valence-electron chi connectivity index (χ4n) is 1.26. The molecule has 1 rings (SSSR count). The Morgan fingerprint density at radius 2 is 1.76 bits per heavy atom. The topological polar surface area (TPSA) is 72.8 Å². The molecular weight excluding hydrogens is 224 g/mol. The van der Waals surface area contributed by atoms with Gasteiger partial charge in [0.2, 0.25) is 0 Å². The Morgan fingerprint density at radius 1 is 1.18 bits per heavy atom. The summed E-state index contributed by atoms with van der Waals surface area (Å²) in [5.41, 5.74) is 0.447. The maximum absolute atomic E-state index is 11.4. The molecule has 0 saturated carbocycles. The lowest BCUT2D eigenvalue weighted by Gasteiger charge is -2.06. The van der Waals surface area contributed by atoms with Gasteiger partial charge in [-0.3, -0.25) is 0 Å². The number of ether oxygens (including phenoxy) is 2. The fraction of sp³-hybridized carbons (Fsp3) is 0.167. The van der Waals surface area contributed by atoms with Crippen LogP contribution in [0.5, 0.6) is 5.75 Å². The largest absolute Gasteiger partial charge is 0.497 e. The van der Waals surface area contributed by atoms with Crippen LogP contribution in [0, 0.1) is 0 Å².